The Morgan fingerprint density at radius 1 is 1.00 bits per heavy atom. The molecule has 6 nitrogen and oxygen atoms in total. The normalized spacial score (nSPS) is 10.6. The van der Waals surface area contributed by atoms with Crippen LogP contribution in [0.5, 0.6) is 0 Å². The van der Waals surface area contributed by atoms with Gasteiger partial charge in [-0.3, -0.25) is 10.1 Å². The van der Waals surface area contributed by atoms with E-state index in [2.05, 4.69) is 27.5 Å². The van der Waals surface area contributed by atoms with Gasteiger partial charge in [-0.2, -0.15) is 0 Å². The average Bonchev–Trinajstić information content (AvgIpc) is 2.74. The zero-order chi connectivity index (χ0) is 24.0. The van der Waals surface area contributed by atoms with Crippen molar-refractivity contribution >= 4 is 35.1 Å². The van der Waals surface area contributed by atoms with E-state index in [4.69, 9.17) is 16.3 Å². The standard InChI is InChI=1S/C25H21ClFN3O3/c1-25(2,3)33-24(32)29-18-11-12-20(26)19(14-18)23(31)30-22-21(27)13-17(15-28-22)10-9-16-7-5-4-6-8-16/h4-8,11-15H,1-3H3,(H,29,32)(H,28,30,31). The third kappa shape index (κ3) is 7.06. The molecule has 0 saturated carbocycles. The van der Waals surface area contributed by atoms with Crippen LogP contribution in [0.15, 0.2) is 60.8 Å². The largest absolute Gasteiger partial charge is 0.444 e. The molecule has 0 aliphatic heterocycles. The van der Waals surface area contributed by atoms with Crippen molar-refractivity contribution in [2.75, 3.05) is 10.6 Å². The van der Waals surface area contributed by atoms with Gasteiger partial charge in [-0.25, -0.2) is 14.2 Å². The third-order valence-electron chi connectivity index (χ3n) is 4.05. The van der Waals surface area contributed by atoms with Crippen molar-refractivity contribution < 1.29 is 18.7 Å². The van der Waals surface area contributed by atoms with Crippen LogP contribution in [-0.4, -0.2) is 22.6 Å². The third-order valence-corrected chi connectivity index (χ3v) is 4.38. The fourth-order valence-corrected chi connectivity index (χ4v) is 2.84. The Hall–Kier alpha value is -3.89. The summed E-state index contributed by atoms with van der Waals surface area (Å²) in [5, 5.41) is 5.03. The molecule has 3 aromatic rings. The number of nitrogens with zero attached hydrogens (tertiary/aromatic N) is 1. The molecule has 2 aromatic carbocycles. The van der Waals surface area contributed by atoms with Crippen LogP contribution in [0.3, 0.4) is 0 Å². The van der Waals surface area contributed by atoms with Crippen LogP contribution in [0.4, 0.5) is 20.7 Å². The van der Waals surface area contributed by atoms with Gasteiger partial charge in [0.25, 0.3) is 5.91 Å². The van der Waals surface area contributed by atoms with E-state index >= 15 is 0 Å². The molecule has 0 fully saturated rings. The first-order chi connectivity index (χ1) is 15.6. The molecule has 0 spiro atoms. The molecular formula is C25H21ClFN3O3. The fraction of sp³-hybridized carbons (Fsp3) is 0.160. The maximum absolute atomic E-state index is 14.5. The number of aromatic nitrogens is 1. The van der Waals surface area contributed by atoms with E-state index in [9.17, 15) is 14.0 Å². The summed E-state index contributed by atoms with van der Waals surface area (Å²) in [7, 11) is 0. The van der Waals surface area contributed by atoms with Gasteiger partial charge in [0.2, 0.25) is 0 Å². The predicted molar refractivity (Wildman–Crippen MR) is 126 cm³/mol. The van der Waals surface area contributed by atoms with Crippen LogP contribution in [0, 0.1) is 17.7 Å². The molecule has 2 amide bonds. The molecule has 3 rings (SSSR count). The maximum atomic E-state index is 14.5. The summed E-state index contributed by atoms with van der Waals surface area (Å²) in [5.74, 6) is 4.03. The van der Waals surface area contributed by atoms with Crippen LogP contribution in [0.25, 0.3) is 0 Å². The number of hydrogen-bond donors (Lipinski definition) is 2. The van der Waals surface area contributed by atoms with E-state index in [0.717, 1.165) is 5.56 Å². The molecule has 0 aliphatic rings. The number of hydrogen-bond acceptors (Lipinski definition) is 4. The highest BCUT2D eigenvalue weighted by molar-refractivity contribution is 6.34. The number of pyridine rings is 1. The van der Waals surface area contributed by atoms with E-state index in [-0.39, 0.29) is 16.4 Å². The van der Waals surface area contributed by atoms with Gasteiger partial charge >= 0.3 is 6.09 Å². The highest BCUT2D eigenvalue weighted by Crippen LogP contribution is 2.23. The summed E-state index contributed by atoms with van der Waals surface area (Å²) < 4.78 is 19.7. The first-order valence-corrected chi connectivity index (χ1v) is 10.3. The van der Waals surface area contributed by atoms with E-state index in [1.807, 2.05) is 30.3 Å². The molecule has 1 heterocycles. The maximum Gasteiger partial charge on any atom is 0.412 e. The second-order valence-electron chi connectivity index (χ2n) is 7.95. The Kier molecular flexibility index (Phi) is 7.31. The van der Waals surface area contributed by atoms with Crippen molar-refractivity contribution in [2.24, 2.45) is 0 Å². The van der Waals surface area contributed by atoms with Gasteiger partial charge in [0.05, 0.1) is 10.6 Å². The molecule has 0 aliphatic carbocycles. The van der Waals surface area contributed by atoms with Crippen molar-refractivity contribution in [3.05, 3.63) is 88.3 Å². The van der Waals surface area contributed by atoms with Crippen molar-refractivity contribution in [2.45, 2.75) is 26.4 Å². The minimum atomic E-state index is -0.748. The van der Waals surface area contributed by atoms with Crippen molar-refractivity contribution in [3.8, 4) is 11.8 Å². The second-order valence-corrected chi connectivity index (χ2v) is 8.35. The van der Waals surface area contributed by atoms with Gasteiger partial charge in [-0.15, -0.1) is 0 Å². The molecule has 0 bridgehead atoms. The van der Waals surface area contributed by atoms with Gasteiger partial charge in [-0.05, 0) is 57.2 Å². The van der Waals surface area contributed by atoms with Gasteiger partial charge in [0.15, 0.2) is 11.6 Å². The second kappa shape index (κ2) is 10.2. The Labute approximate surface area is 196 Å². The quantitative estimate of drug-likeness (QED) is 0.474. The lowest BCUT2D eigenvalue weighted by atomic mass is 10.1. The minimum Gasteiger partial charge on any atom is -0.444 e. The predicted octanol–water partition coefficient (Wildman–Crippen LogP) is 5.87. The topological polar surface area (TPSA) is 80.3 Å². The first-order valence-electron chi connectivity index (χ1n) is 9.94. The zero-order valence-electron chi connectivity index (χ0n) is 18.2. The number of benzene rings is 2. The smallest absolute Gasteiger partial charge is 0.412 e. The Morgan fingerprint density at radius 2 is 1.70 bits per heavy atom. The molecule has 1 aromatic heterocycles. The van der Waals surface area contributed by atoms with Crippen LogP contribution >= 0.6 is 11.6 Å². The summed E-state index contributed by atoms with van der Waals surface area (Å²) in [6, 6.07) is 14.7. The lowest BCUT2D eigenvalue weighted by molar-refractivity contribution is 0.0635. The number of carbonyl (C=O) groups is 2. The van der Waals surface area contributed by atoms with Crippen molar-refractivity contribution in [1.29, 1.82) is 0 Å². The number of halogens is 2. The number of carbonyl (C=O) groups excluding carboxylic acids is 2. The van der Waals surface area contributed by atoms with Gasteiger partial charge < -0.3 is 10.1 Å². The number of amides is 2. The van der Waals surface area contributed by atoms with Crippen LogP contribution in [0.1, 0.15) is 42.3 Å². The Morgan fingerprint density at radius 3 is 2.36 bits per heavy atom. The summed E-state index contributed by atoms with van der Waals surface area (Å²) >= 11 is 6.13. The number of ether oxygens (including phenoxy) is 1. The van der Waals surface area contributed by atoms with Gasteiger partial charge in [0, 0.05) is 23.0 Å². The lowest BCUT2D eigenvalue weighted by Gasteiger charge is -2.19. The van der Waals surface area contributed by atoms with Gasteiger partial charge in [0.1, 0.15) is 5.60 Å². The molecule has 33 heavy (non-hydrogen) atoms. The summed E-state index contributed by atoms with van der Waals surface area (Å²) in [6.45, 7) is 5.19. The summed E-state index contributed by atoms with van der Waals surface area (Å²) in [5.41, 5.74) is 0.774. The molecule has 0 unspecified atom stereocenters. The molecule has 168 valence electrons. The molecular weight excluding hydrogens is 445 g/mol. The van der Waals surface area contributed by atoms with Gasteiger partial charge in [-0.1, -0.05) is 41.6 Å². The number of rotatable bonds is 3. The van der Waals surface area contributed by atoms with E-state index in [1.165, 1.54) is 30.5 Å². The monoisotopic (exact) mass is 465 g/mol. The highest BCUT2D eigenvalue weighted by atomic mass is 35.5. The van der Waals surface area contributed by atoms with E-state index < -0.39 is 23.4 Å². The first kappa shape index (κ1) is 23.8. The summed E-state index contributed by atoms with van der Waals surface area (Å²) in [4.78, 5) is 28.6. The van der Waals surface area contributed by atoms with E-state index in [1.54, 1.807) is 20.8 Å². The molecule has 2 N–H and O–H groups in total. The summed E-state index contributed by atoms with van der Waals surface area (Å²) in [6.07, 6.45) is 0.674. The molecule has 0 saturated heterocycles. The van der Waals surface area contributed by atoms with Crippen molar-refractivity contribution in [1.82, 2.24) is 4.98 Å². The van der Waals surface area contributed by atoms with E-state index in [0.29, 0.717) is 11.3 Å². The molecule has 0 radical (unpaired) electrons. The van der Waals surface area contributed by atoms with Crippen LogP contribution < -0.4 is 10.6 Å². The zero-order valence-corrected chi connectivity index (χ0v) is 19.0. The SMILES string of the molecule is CC(C)(C)OC(=O)Nc1ccc(Cl)c(C(=O)Nc2ncc(C#Cc3ccccc3)cc2F)c1. The molecule has 0 atom stereocenters. The number of nitrogens with one attached hydrogen (secondary N) is 2. The lowest BCUT2D eigenvalue weighted by Crippen LogP contribution is -2.27. The van der Waals surface area contributed by atoms with Crippen LogP contribution in [0.2, 0.25) is 5.02 Å². The average molecular weight is 466 g/mol. The minimum absolute atomic E-state index is 0.0272. The molecule has 8 heteroatoms. The highest BCUT2D eigenvalue weighted by Gasteiger charge is 2.18. The fourth-order valence-electron chi connectivity index (χ4n) is 2.64. The Bertz CT molecular complexity index is 1250. The van der Waals surface area contributed by atoms with Crippen molar-refractivity contribution in [3.63, 3.8) is 0 Å². The Balaban J connectivity index is 1.73. The van der Waals surface area contributed by atoms with Crippen LogP contribution in [-0.2, 0) is 4.74 Å². The number of anilines is 2.